The molecule has 0 N–H and O–H groups in total. The summed E-state index contributed by atoms with van der Waals surface area (Å²) in [6.07, 6.45) is -4.45. The summed E-state index contributed by atoms with van der Waals surface area (Å²) in [5, 5.41) is -0.00858. The highest BCUT2D eigenvalue weighted by molar-refractivity contribution is 9.10. The van der Waals surface area contributed by atoms with E-state index < -0.39 is 6.36 Å². The molecule has 126 valence electrons. The van der Waals surface area contributed by atoms with Crippen molar-refractivity contribution in [2.45, 2.75) is 19.7 Å². The first-order chi connectivity index (χ1) is 10.7. The first kappa shape index (κ1) is 18.1. The number of carbonyl (C=O) groups excluding carboxylic acids is 2. The van der Waals surface area contributed by atoms with Crippen LogP contribution in [0.3, 0.4) is 0 Å². The monoisotopic (exact) mass is 411 g/mol. The van der Waals surface area contributed by atoms with E-state index in [-0.39, 0.29) is 22.7 Å². The average Bonchev–Trinajstić information content (AvgIpc) is 2.76. The van der Waals surface area contributed by atoms with Crippen molar-refractivity contribution in [1.82, 2.24) is 0 Å². The number of rotatable bonds is 4. The van der Waals surface area contributed by atoms with Crippen molar-refractivity contribution < 1.29 is 27.5 Å². The van der Waals surface area contributed by atoms with Gasteiger partial charge in [0.05, 0.1) is 5.69 Å². The van der Waals surface area contributed by atoms with Crippen LogP contribution in [0.25, 0.3) is 0 Å². The molecule has 9 heteroatoms. The summed E-state index contributed by atoms with van der Waals surface area (Å²) in [6, 6.07) is 3.75. The predicted molar refractivity (Wildman–Crippen MR) is 84.4 cm³/mol. The van der Waals surface area contributed by atoms with Crippen LogP contribution in [0.4, 0.5) is 18.9 Å². The highest BCUT2D eigenvalue weighted by atomic mass is 79.9. The topological polar surface area (TPSA) is 46.6 Å². The van der Waals surface area contributed by atoms with E-state index in [1.165, 1.54) is 41.8 Å². The van der Waals surface area contributed by atoms with E-state index in [1.807, 2.05) is 0 Å². The number of hydrogen-bond acceptors (Lipinski definition) is 4. The van der Waals surface area contributed by atoms with E-state index in [1.54, 1.807) is 0 Å². The van der Waals surface area contributed by atoms with E-state index in [0.717, 1.165) is 0 Å². The zero-order valence-corrected chi connectivity index (χ0v) is 14.4. The second-order valence-electron chi connectivity index (χ2n) is 5.04. The maximum absolute atomic E-state index is 12.2. The Balaban J connectivity index is 2.09. The van der Waals surface area contributed by atoms with Crippen LogP contribution >= 0.6 is 27.7 Å². The van der Waals surface area contributed by atoms with E-state index in [4.69, 9.17) is 0 Å². The number of ether oxygens (including phenoxy) is 1. The molecule has 1 saturated heterocycles. The Morgan fingerprint density at radius 2 is 2.17 bits per heavy atom. The molecule has 1 atom stereocenters. The van der Waals surface area contributed by atoms with E-state index in [2.05, 4.69) is 20.7 Å². The molecule has 0 spiro atoms. The highest BCUT2D eigenvalue weighted by Crippen LogP contribution is 2.36. The Hall–Kier alpha value is -1.22. The van der Waals surface area contributed by atoms with Gasteiger partial charge in [-0.05, 0) is 40.0 Å². The van der Waals surface area contributed by atoms with E-state index in [0.29, 0.717) is 28.9 Å². The lowest BCUT2D eigenvalue weighted by atomic mass is 10.1. The molecule has 1 unspecified atom stereocenters. The van der Waals surface area contributed by atoms with Crippen molar-refractivity contribution in [3.63, 3.8) is 0 Å². The Morgan fingerprint density at radius 3 is 2.74 bits per heavy atom. The second-order valence-corrected chi connectivity index (χ2v) is 7.09. The molecule has 1 aromatic rings. The van der Waals surface area contributed by atoms with Gasteiger partial charge in [-0.2, -0.15) is 0 Å². The summed E-state index contributed by atoms with van der Waals surface area (Å²) in [6.45, 7) is 1.90. The third kappa shape index (κ3) is 5.13. The molecule has 1 fully saturated rings. The summed E-state index contributed by atoms with van der Waals surface area (Å²) >= 11 is 4.34. The Bertz CT molecular complexity index is 624. The van der Waals surface area contributed by atoms with Crippen molar-refractivity contribution >= 4 is 44.4 Å². The number of amides is 1. The Morgan fingerprint density at radius 1 is 1.48 bits per heavy atom. The number of hydrogen-bond donors (Lipinski definition) is 0. The van der Waals surface area contributed by atoms with Crippen LogP contribution in [-0.2, 0) is 9.59 Å². The number of nitrogens with zero attached hydrogens (tertiary/aromatic N) is 1. The summed E-state index contributed by atoms with van der Waals surface area (Å²) in [5.74, 6) is 0.104. The standard InChI is InChI=1S/C14H13BrF3NO3S/c1-8(20)23-7-9-4-13(21)19(6-9)12-3-2-10(5-11(12)15)22-14(16,17)18/h2-3,5,9H,4,6-7H2,1H3. The molecule has 1 aromatic carbocycles. The van der Waals surface area contributed by atoms with E-state index >= 15 is 0 Å². The van der Waals surface area contributed by atoms with Crippen molar-refractivity contribution in [2.24, 2.45) is 5.92 Å². The fraction of sp³-hybridized carbons (Fsp3) is 0.429. The van der Waals surface area contributed by atoms with Crippen LogP contribution in [0, 0.1) is 5.92 Å². The van der Waals surface area contributed by atoms with Crippen molar-refractivity contribution in [3.05, 3.63) is 22.7 Å². The van der Waals surface area contributed by atoms with Crippen molar-refractivity contribution in [1.29, 1.82) is 0 Å². The number of carbonyl (C=O) groups is 2. The molecule has 1 heterocycles. The average molecular weight is 412 g/mol. The largest absolute Gasteiger partial charge is 0.573 e. The third-order valence-electron chi connectivity index (χ3n) is 3.17. The van der Waals surface area contributed by atoms with Gasteiger partial charge in [0.25, 0.3) is 0 Å². The van der Waals surface area contributed by atoms with Crippen LogP contribution in [0.1, 0.15) is 13.3 Å². The molecule has 0 aromatic heterocycles. The van der Waals surface area contributed by atoms with Gasteiger partial charge in [-0.3, -0.25) is 9.59 Å². The second kappa shape index (κ2) is 7.12. The number of thioether (sulfide) groups is 1. The molecule has 0 radical (unpaired) electrons. The minimum atomic E-state index is -4.76. The molecular weight excluding hydrogens is 399 g/mol. The fourth-order valence-corrected chi connectivity index (χ4v) is 3.53. The summed E-state index contributed by atoms with van der Waals surface area (Å²) in [4.78, 5) is 24.6. The Kier molecular flexibility index (Phi) is 5.61. The first-order valence-corrected chi connectivity index (χ1v) is 8.42. The SMILES string of the molecule is CC(=O)SCC1CC(=O)N(c2ccc(OC(F)(F)F)cc2Br)C1. The smallest absolute Gasteiger partial charge is 0.406 e. The van der Waals surface area contributed by atoms with Gasteiger partial charge < -0.3 is 9.64 Å². The molecule has 4 nitrogen and oxygen atoms in total. The minimum absolute atomic E-state index is 0.00858. The highest BCUT2D eigenvalue weighted by Gasteiger charge is 2.33. The minimum Gasteiger partial charge on any atom is -0.406 e. The Labute approximate surface area is 143 Å². The van der Waals surface area contributed by atoms with Gasteiger partial charge in [-0.25, -0.2) is 0 Å². The summed E-state index contributed by atoms with van der Waals surface area (Å²) in [7, 11) is 0. The quantitative estimate of drug-likeness (QED) is 0.751. The van der Waals surface area contributed by atoms with Crippen LogP contribution in [0.2, 0.25) is 0 Å². The molecular formula is C14H13BrF3NO3S. The van der Waals surface area contributed by atoms with Gasteiger partial charge >= 0.3 is 6.36 Å². The lowest BCUT2D eigenvalue weighted by Crippen LogP contribution is -2.25. The normalized spacial score (nSPS) is 18.4. The summed E-state index contributed by atoms with van der Waals surface area (Å²) in [5.41, 5.74) is 0.486. The first-order valence-electron chi connectivity index (χ1n) is 6.64. The molecule has 1 aliphatic heterocycles. The number of benzene rings is 1. The maximum Gasteiger partial charge on any atom is 0.573 e. The van der Waals surface area contributed by atoms with E-state index in [9.17, 15) is 22.8 Å². The molecule has 0 saturated carbocycles. The predicted octanol–water partition coefficient (Wildman–Crippen LogP) is 3.98. The van der Waals surface area contributed by atoms with Gasteiger partial charge in [0.1, 0.15) is 5.75 Å². The maximum atomic E-state index is 12.2. The molecule has 1 amide bonds. The molecule has 0 bridgehead atoms. The zero-order chi connectivity index (χ0) is 17.2. The zero-order valence-electron chi connectivity index (χ0n) is 12.0. The third-order valence-corrected chi connectivity index (χ3v) is 4.85. The van der Waals surface area contributed by atoms with Gasteiger partial charge in [0.15, 0.2) is 5.12 Å². The van der Waals surface area contributed by atoms with Crippen molar-refractivity contribution in [2.75, 3.05) is 17.2 Å². The van der Waals surface area contributed by atoms with Gasteiger partial charge in [0.2, 0.25) is 5.91 Å². The fourth-order valence-electron chi connectivity index (χ4n) is 2.26. The molecule has 23 heavy (non-hydrogen) atoms. The van der Waals surface area contributed by atoms with Crippen LogP contribution in [0.15, 0.2) is 22.7 Å². The molecule has 2 rings (SSSR count). The van der Waals surface area contributed by atoms with Gasteiger partial charge in [-0.1, -0.05) is 11.8 Å². The lowest BCUT2D eigenvalue weighted by Gasteiger charge is -2.19. The summed E-state index contributed by atoms with van der Waals surface area (Å²) < 4.78 is 40.8. The van der Waals surface area contributed by atoms with Crippen LogP contribution < -0.4 is 9.64 Å². The van der Waals surface area contributed by atoms with Gasteiger partial charge in [-0.15, -0.1) is 13.2 Å². The van der Waals surface area contributed by atoms with Crippen LogP contribution in [0.5, 0.6) is 5.75 Å². The van der Waals surface area contributed by atoms with Gasteiger partial charge in [0, 0.05) is 30.1 Å². The number of alkyl halides is 3. The van der Waals surface area contributed by atoms with Crippen LogP contribution in [-0.4, -0.2) is 29.7 Å². The lowest BCUT2D eigenvalue weighted by molar-refractivity contribution is -0.274. The number of halogens is 4. The molecule has 1 aliphatic rings. The van der Waals surface area contributed by atoms with Crippen molar-refractivity contribution in [3.8, 4) is 5.75 Å². The molecule has 0 aliphatic carbocycles. The number of anilines is 1.